The third-order valence-electron chi connectivity index (χ3n) is 4.83. The standard InChI is InChI=1S/C20H22N2O2S/c1-14(18-12-15-6-2-3-8-17(15)24-18)21-20(23)13-22-10-4-7-16(22)19-9-5-11-25-19/h2-3,5-6,8-9,11-12,14,16H,4,7,10,13H2,1H3,(H,21,23)/t14-,16-/m0/s1. The highest BCUT2D eigenvalue weighted by molar-refractivity contribution is 7.10. The molecule has 3 aromatic rings. The van der Waals surface area contributed by atoms with E-state index >= 15 is 0 Å². The number of furan rings is 1. The highest BCUT2D eigenvalue weighted by Gasteiger charge is 2.28. The molecule has 0 spiro atoms. The fraction of sp³-hybridized carbons (Fsp3) is 0.350. The molecule has 0 aliphatic carbocycles. The molecule has 25 heavy (non-hydrogen) atoms. The summed E-state index contributed by atoms with van der Waals surface area (Å²) in [6.07, 6.45) is 2.28. The Morgan fingerprint density at radius 3 is 3.04 bits per heavy atom. The normalized spacial score (nSPS) is 19.3. The Balaban J connectivity index is 1.39. The van der Waals surface area contributed by atoms with E-state index in [0.29, 0.717) is 12.6 Å². The molecule has 1 amide bonds. The molecule has 2 atom stereocenters. The van der Waals surface area contributed by atoms with Gasteiger partial charge in [-0.15, -0.1) is 11.3 Å². The Hall–Kier alpha value is -2.11. The van der Waals surface area contributed by atoms with Gasteiger partial charge in [0.15, 0.2) is 0 Å². The van der Waals surface area contributed by atoms with Crippen LogP contribution in [0.25, 0.3) is 11.0 Å². The van der Waals surface area contributed by atoms with Crippen LogP contribution in [0.3, 0.4) is 0 Å². The number of likely N-dealkylation sites (tertiary alicyclic amines) is 1. The molecular formula is C20H22N2O2S. The number of para-hydroxylation sites is 1. The number of hydrogen-bond donors (Lipinski definition) is 1. The number of nitrogens with one attached hydrogen (secondary N) is 1. The first-order valence-corrected chi connectivity index (χ1v) is 9.64. The molecule has 0 radical (unpaired) electrons. The van der Waals surface area contributed by atoms with Crippen molar-refractivity contribution in [2.24, 2.45) is 0 Å². The van der Waals surface area contributed by atoms with Gasteiger partial charge in [0, 0.05) is 16.3 Å². The number of rotatable bonds is 5. The van der Waals surface area contributed by atoms with E-state index in [1.165, 1.54) is 4.88 Å². The minimum Gasteiger partial charge on any atom is -0.459 e. The van der Waals surface area contributed by atoms with Crippen LogP contribution in [0, 0.1) is 0 Å². The Morgan fingerprint density at radius 2 is 2.24 bits per heavy atom. The summed E-state index contributed by atoms with van der Waals surface area (Å²) in [4.78, 5) is 16.2. The van der Waals surface area contributed by atoms with Crippen LogP contribution < -0.4 is 5.32 Å². The topological polar surface area (TPSA) is 45.5 Å². The summed E-state index contributed by atoms with van der Waals surface area (Å²) >= 11 is 1.78. The van der Waals surface area contributed by atoms with Crippen molar-refractivity contribution < 1.29 is 9.21 Å². The summed E-state index contributed by atoms with van der Waals surface area (Å²) in [5.74, 6) is 0.849. The Bertz CT molecular complexity index is 823. The van der Waals surface area contributed by atoms with Crippen molar-refractivity contribution in [3.63, 3.8) is 0 Å². The van der Waals surface area contributed by atoms with Crippen molar-refractivity contribution in [2.75, 3.05) is 13.1 Å². The van der Waals surface area contributed by atoms with Gasteiger partial charge >= 0.3 is 0 Å². The van der Waals surface area contributed by atoms with Crippen LogP contribution >= 0.6 is 11.3 Å². The third kappa shape index (κ3) is 3.48. The van der Waals surface area contributed by atoms with Crippen molar-refractivity contribution in [1.29, 1.82) is 0 Å². The van der Waals surface area contributed by atoms with E-state index in [1.807, 2.05) is 37.3 Å². The second-order valence-electron chi connectivity index (χ2n) is 6.62. The van der Waals surface area contributed by atoms with E-state index in [2.05, 4.69) is 27.7 Å². The first-order valence-electron chi connectivity index (χ1n) is 8.76. The van der Waals surface area contributed by atoms with E-state index < -0.39 is 0 Å². The lowest BCUT2D eigenvalue weighted by atomic mass is 10.2. The van der Waals surface area contributed by atoms with Crippen molar-refractivity contribution >= 4 is 28.2 Å². The Morgan fingerprint density at radius 1 is 1.36 bits per heavy atom. The van der Waals surface area contributed by atoms with E-state index in [0.717, 1.165) is 36.1 Å². The number of carbonyl (C=O) groups is 1. The fourth-order valence-corrected chi connectivity index (χ4v) is 4.47. The molecule has 0 saturated carbocycles. The van der Waals surface area contributed by atoms with E-state index in [1.54, 1.807) is 11.3 Å². The molecule has 2 aromatic heterocycles. The molecule has 1 aliphatic rings. The molecule has 0 unspecified atom stereocenters. The van der Waals surface area contributed by atoms with Gasteiger partial charge in [0.1, 0.15) is 11.3 Å². The molecule has 1 aromatic carbocycles. The van der Waals surface area contributed by atoms with Crippen molar-refractivity contribution in [1.82, 2.24) is 10.2 Å². The average molecular weight is 354 g/mol. The monoisotopic (exact) mass is 354 g/mol. The second-order valence-corrected chi connectivity index (χ2v) is 7.60. The largest absolute Gasteiger partial charge is 0.459 e. The predicted molar refractivity (Wildman–Crippen MR) is 101 cm³/mol. The van der Waals surface area contributed by atoms with Gasteiger partial charge in [0.25, 0.3) is 0 Å². The number of benzene rings is 1. The molecule has 4 nitrogen and oxygen atoms in total. The van der Waals surface area contributed by atoms with Crippen LogP contribution in [0.15, 0.2) is 52.3 Å². The lowest BCUT2D eigenvalue weighted by Crippen LogP contribution is -2.37. The molecule has 1 N–H and O–H groups in total. The minimum absolute atomic E-state index is 0.0522. The molecule has 3 heterocycles. The van der Waals surface area contributed by atoms with E-state index in [4.69, 9.17) is 4.42 Å². The average Bonchev–Trinajstić information content (AvgIpc) is 3.34. The Kier molecular flexibility index (Phi) is 4.59. The number of nitrogens with zero attached hydrogens (tertiary/aromatic N) is 1. The zero-order valence-corrected chi connectivity index (χ0v) is 15.1. The Labute approximate surface area is 151 Å². The summed E-state index contributed by atoms with van der Waals surface area (Å²) in [5, 5.41) is 6.25. The van der Waals surface area contributed by atoms with Crippen LogP contribution in [-0.2, 0) is 4.79 Å². The molecule has 1 aliphatic heterocycles. The summed E-state index contributed by atoms with van der Waals surface area (Å²) in [7, 11) is 0. The lowest BCUT2D eigenvalue weighted by molar-refractivity contribution is -0.123. The van der Waals surface area contributed by atoms with E-state index in [-0.39, 0.29) is 11.9 Å². The third-order valence-corrected chi connectivity index (χ3v) is 5.80. The maximum atomic E-state index is 12.5. The number of carbonyl (C=O) groups excluding carboxylic acids is 1. The summed E-state index contributed by atoms with van der Waals surface area (Å²) < 4.78 is 5.85. The van der Waals surface area contributed by atoms with Gasteiger partial charge in [-0.2, -0.15) is 0 Å². The van der Waals surface area contributed by atoms with E-state index in [9.17, 15) is 4.79 Å². The molecule has 1 saturated heterocycles. The SMILES string of the molecule is C[C@H](NC(=O)CN1CCC[C@H]1c1cccs1)c1cc2ccccc2o1. The van der Waals surface area contributed by atoms with Crippen LogP contribution in [0.2, 0.25) is 0 Å². The predicted octanol–water partition coefficient (Wildman–Crippen LogP) is 4.51. The van der Waals surface area contributed by atoms with Gasteiger partial charge in [-0.05, 0) is 49.9 Å². The highest BCUT2D eigenvalue weighted by Crippen LogP contribution is 2.34. The molecule has 130 valence electrons. The molecule has 1 fully saturated rings. The van der Waals surface area contributed by atoms with Gasteiger partial charge in [0.2, 0.25) is 5.91 Å². The summed E-state index contributed by atoms with van der Waals surface area (Å²) in [6, 6.07) is 14.4. The molecule has 4 rings (SSSR count). The summed E-state index contributed by atoms with van der Waals surface area (Å²) in [6.45, 7) is 3.39. The van der Waals surface area contributed by atoms with Crippen LogP contribution in [0.1, 0.15) is 42.5 Å². The number of hydrogen-bond acceptors (Lipinski definition) is 4. The highest BCUT2D eigenvalue weighted by atomic mass is 32.1. The molecular weight excluding hydrogens is 332 g/mol. The zero-order chi connectivity index (χ0) is 17.2. The lowest BCUT2D eigenvalue weighted by Gasteiger charge is -2.23. The smallest absolute Gasteiger partial charge is 0.234 e. The maximum absolute atomic E-state index is 12.5. The molecule has 0 bridgehead atoms. The van der Waals surface area contributed by atoms with Crippen molar-refractivity contribution in [3.05, 3.63) is 58.5 Å². The quantitative estimate of drug-likeness (QED) is 0.733. The maximum Gasteiger partial charge on any atom is 0.234 e. The number of thiophene rings is 1. The fourth-order valence-electron chi connectivity index (χ4n) is 3.58. The minimum atomic E-state index is -0.136. The number of fused-ring (bicyclic) bond motifs is 1. The summed E-state index contributed by atoms with van der Waals surface area (Å²) in [5.41, 5.74) is 0.857. The van der Waals surface area contributed by atoms with Crippen molar-refractivity contribution in [2.45, 2.75) is 31.8 Å². The van der Waals surface area contributed by atoms with Gasteiger partial charge in [-0.25, -0.2) is 0 Å². The van der Waals surface area contributed by atoms with Gasteiger partial charge in [-0.3, -0.25) is 9.69 Å². The second kappa shape index (κ2) is 7.02. The zero-order valence-electron chi connectivity index (χ0n) is 14.3. The van der Waals surface area contributed by atoms with Gasteiger partial charge < -0.3 is 9.73 Å². The van der Waals surface area contributed by atoms with Crippen molar-refractivity contribution in [3.8, 4) is 0 Å². The van der Waals surface area contributed by atoms with Gasteiger partial charge in [-0.1, -0.05) is 24.3 Å². The van der Waals surface area contributed by atoms with Crippen LogP contribution in [0.5, 0.6) is 0 Å². The van der Waals surface area contributed by atoms with Gasteiger partial charge in [0.05, 0.1) is 12.6 Å². The first-order chi connectivity index (χ1) is 12.2. The van der Waals surface area contributed by atoms with Crippen LogP contribution in [-0.4, -0.2) is 23.9 Å². The van der Waals surface area contributed by atoms with Crippen LogP contribution in [0.4, 0.5) is 0 Å². The number of amides is 1. The molecule has 5 heteroatoms. The first kappa shape index (κ1) is 16.4.